The SMILES string of the molecule is C=CCn1c(C)cc(C(=O)C[NH+]2CC[NH+](Cc3nc4ccccc4s3)CC2)c1C. The molecule has 0 aliphatic carbocycles. The second kappa shape index (κ2) is 8.61. The summed E-state index contributed by atoms with van der Waals surface area (Å²) in [5.41, 5.74) is 4.18. The number of allylic oxidation sites excluding steroid dienone is 1. The molecule has 1 aliphatic rings. The van der Waals surface area contributed by atoms with E-state index in [-0.39, 0.29) is 5.78 Å². The maximum atomic E-state index is 12.9. The number of nitrogens with zero attached hydrogens (tertiary/aromatic N) is 2. The van der Waals surface area contributed by atoms with E-state index in [4.69, 9.17) is 4.98 Å². The highest BCUT2D eigenvalue weighted by Crippen LogP contribution is 2.20. The number of hydrogen-bond acceptors (Lipinski definition) is 3. The average molecular weight is 411 g/mol. The Morgan fingerprint density at radius 2 is 1.93 bits per heavy atom. The summed E-state index contributed by atoms with van der Waals surface area (Å²) in [5, 5.41) is 1.22. The van der Waals surface area contributed by atoms with Crippen LogP contribution in [0.25, 0.3) is 10.2 Å². The van der Waals surface area contributed by atoms with Crippen molar-refractivity contribution in [3.05, 3.63) is 64.9 Å². The lowest BCUT2D eigenvalue weighted by molar-refractivity contribution is -1.01. The van der Waals surface area contributed by atoms with E-state index in [1.807, 2.05) is 25.1 Å². The number of quaternary nitrogens is 2. The van der Waals surface area contributed by atoms with Gasteiger partial charge in [0.1, 0.15) is 44.3 Å². The third kappa shape index (κ3) is 4.34. The van der Waals surface area contributed by atoms with Gasteiger partial charge in [0, 0.05) is 23.5 Å². The van der Waals surface area contributed by atoms with E-state index in [9.17, 15) is 4.79 Å². The molecule has 2 N–H and O–H groups in total. The van der Waals surface area contributed by atoms with Crippen LogP contribution in [0.4, 0.5) is 0 Å². The Hall–Kier alpha value is -2.28. The number of rotatable bonds is 7. The van der Waals surface area contributed by atoms with E-state index in [0.29, 0.717) is 6.54 Å². The molecule has 0 saturated carbocycles. The van der Waals surface area contributed by atoms with E-state index in [1.165, 1.54) is 14.6 Å². The van der Waals surface area contributed by atoms with Crippen molar-refractivity contribution in [3.63, 3.8) is 0 Å². The molecule has 3 aromatic rings. The summed E-state index contributed by atoms with van der Waals surface area (Å²) in [5.74, 6) is 0.262. The number of ketones is 1. The van der Waals surface area contributed by atoms with Gasteiger partial charge in [-0.2, -0.15) is 0 Å². The Balaban J connectivity index is 1.32. The van der Waals surface area contributed by atoms with Gasteiger partial charge in [-0.1, -0.05) is 18.2 Å². The Labute approximate surface area is 176 Å². The molecule has 4 rings (SSSR count). The molecule has 1 fully saturated rings. The summed E-state index contributed by atoms with van der Waals surface area (Å²) in [6, 6.07) is 10.4. The Morgan fingerprint density at radius 3 is 2.66 bits per heavy atom. The van der Waals surface area contributed by atoms with Crippen LogP contribution >= 0.6 is 11.3 Å². The van der Waals surface area contributed by atoms with Crippen LogP contribution in [0.5, 0.6) is 0 Å². The van der Waals surface area contributed by atoms with Gasteiger partial charge < -0.3 is 14.4 Å². The second-order valence-corrected chi connectivity index (χ2v) is 9.15. The van der Waals surface area contributed by atoms with Gasteiger partial charge in [-0.25, -0.2) is 4.98 Å². The van der Waals surface area contributed by atoms with Gasteiger partial charge in [-0.15, -0.1) is 17.9 Å². The van der Waals surface area contributed by atoms with Crippen molar-refractivity contribution in [2.24, 2.45) is 0 Å². The number of carbonyl (C=O) groups is 1. The molecular formula is C23H30N4OS+2. The van der Waals surface area contributed by atoms with Gasteiger partial charge >= 0.3 is 0 Å². The van der Waals surface area contributed by atoms with Crippen LogP contribution in [0.2, 0.25) is 0 Å². The van der Waals surface area contributed by atoms with Crippen LogP contribution in [0.15, 0.2) is 43.0 Å². The van der Waals surface area contributed by atoms with E-state index in [1.54, 1.807) is 16.2 Å². The molecule has 5 nitrogen and oxygen atoms in total. The maximum Gasteiger partial charge on any atom is 0.218 e. The maximum absolute atomic E-state index is 12.9. The normalized spacial score (nSPS) is 19.5. The number of Topliss-reactive ketones (excluding diaryl/α,β-unsaturated/α-hetero) is 1. The minimum absolute atomic E-state index is 0.262. The predicted octanol–water partition coefficient (Wildman–Crippen LogP) is 1.07. The fraction of sp³-hybridized carbons (Fsp3) is 0.391. The summed E-state index contributed by atoms with van der Waals surface area (Å²) in [7, 11) is 0. The van der Waals surface area contributed by atoms with Crippen LogP contribution in [0, 0.1) is 13.8 Å². The zero-order valence-corrected chi connectivity index (χ0v) is 18.1. The average Bonchev–Trinajstić information content (AvgIpc) is 3.25. The minimum Gasteiger partial charge on any atom is -0.345 e. The van der Waals surface area contributed by atoms with E-state index >= 15 is 0 Å². The van der Waals surface area contributed by atoms with Gasteiger partial charge in [0.25, 0.3) is 0 Å². The molecule has 0 bridgehead atoms. The monoisotopic (exact) mass is 410 g/mol. The van der Waals surface area contributed by atoms with Gasteiger partial charge in [0.15, 0.2) is 0 Å². The fourth-order valence-corrected chi connectivity index (χ4v) is 5.37. The summed E-state index contributed by atoms with van der Waals surface area (Å²) in [6.07, 6.45) is 1.88. The van der Waals surface area contributed by atoms with Crippen molar-refractivity contribution in [1.29, 1.82) is 0 Å². The number of thiazole rings is 1. The molecule has 2 aromatic heterocycles. The number of piperazine rings is 1. The molecule has 1 saturated heterocycles. The predicted molar refractivity (Wildman–Crippen MR) is 118 cm³/mol. The van der Waals surface area contributed by atoms with Crippen molar-refractivity contribution in [3.8, 4) is 0 Å². The quantitative estimate of drug-likeness (QED) is 0.452. The number of carbonyl (C=O) groups excluding carboxylic acids is 1. The number of nitrogens with one attached hydrogen (secondary N) is 2. The fourth-order valence-electron chi connectivity index (χ4n) is 4.34. The van der Waals surface area contributed by atoms with E-state index < -0.39 is 0 Å². The Kier molecular flexibility index (Phi) is 5.94. The topological polar surface area (TPSA) is 43.8 Å². The molecule has 0 atom stereocenters. The first-order valence-corrected chi connectivity index (χ1v) is 11.2. The highest BCUT2D eigenvalue weighted by Gasteiger charge is 2.27. The summed E-state index contributed by atoms with van der Waals surface area (Å²) in [6.45, 7) is 14.5. The third-order valence-electron chi connectivity index (χ3n) is 6.00. The van der Waals surface area contributed by atoms with Crippen LogP contribution in [0.1, 0.15) is 26.8 Å². The number of hydrogen-bond donors (Lipinski definition) is 2. The van der Waals surface area contributed by atoms with Crippen molar-refractivity contribution < 1.29 is 14.6 Å². The zero-order valence-electron chi connectivity index (χ0n) is 17.3. The van der Waals surface area contributed by atoms with Crippen LogP contribution in [-0.4, -0.2) is 48.1 Å². The summed E-state index contributed by atoms with van der Waals surface area (Å²) < 4.78 is 3.43. The minimum atomic E-state index is 0.262. The smallest absolute Gasteiger partial charge is 0.218 e. The van der Waals surface area contributed by atoms with Crippen LogP contribution in [-0.2, 0) is 13.1 Å². The molecular weight excluding hydrogens is 380 g/mol. The first-order valence-electron chi connectivity index (χ1n) is 10.4. The van der Waals surface area contributed by atoms with Crippen molar-refractivity contribution in [2.45, 2.75) is 26.9 Å². The van der Waals surface area contributed by atoms with E-state index in [0.717, 1.165) is 61.7 Å². The molecule has 0 radical (unpaired) electrons. The Morgan fingerprint density at radius 1 is 1.21 bits per heavy atom. The largest absolute Gasteiger partial charge is 0.345 e. The van der Waals surface area contributed by atoms with Gasteiger partial charge in [-0.05, 0) is 32.0 Å². The molecule has 3 heterocycles. The van der Waals surface area contributed by atoms with Crippen LogP contribution < -0.4 is 9.80 Å². The lowest BCUT2D eigenvalue weighted by Crippen LogP contribution is -3.27. The second-order valence-electron chi connectivity index (χ2n) is 8.04. The molecule has 6 heteroatoms. The number of aromatic nitrogens is 2. The van der Waals surface area contributed by atoms with Crippen molar-refractivity contribution in [2.75, 3.05) is 32.7 Å². The lowest BCUT2D eigenvalue weighted by Gasteiger charge is -2.28. The number of benzene rings is 1. The molecule has 152 valence electrons. The van der Waals surface area contributed by atoms with Crippen LogP contribution in [0.3, 0.4) is 0 Å². The van der Waals surface area contributed by atoms with Gasteiger partial charge in [0.05, 0.1) is 10.2 Å². The van der Waals surface area contributed by atoms with E-state index in [2.05, 4.69) is 36.3 Å². The number of aryl methyl sites for hydroxylation is 1. The Bertz CT molecular complexity index is 994. The molecule has 1 aromatic carbocycles. The molecule has 0 amide bonds. The standard InChI is InChI=1S/C23H28N4OS/c1-4-9-27-17(2)14-19(18(27)3)21(28)15-25-10-12-26(13-11-25)16-23-24-20-7-5-6-8-22(20)29-23/h4-8,14H,1,9-13,15-16H2,2-3H3/p+2. The third-order valence-corrected chi connectivity index (χ3v) is 7.04. The van der Waals surface area contributed by atoms with Crippen molar-refractivity contribution in [1.82, 2.24) is 9.55 Å². The molecule has 0 unspecified atom stereocenters. The molecule has 29 heavy (non-hydrogen) atoms. The number of para-hydroxylation sites is 1. The lowest BCUT2D eigenvalue weighted by atomic mass is 10.1. The highest BCUT2D eigenvalue weighted by atomic mass is 32.1. The first-order chi connectivity index (χ1) is 14.0. The van der Waals surface area contributed by atoms with Gasteiger partial charge in [0.2, 0.25) is 5.78 Å². The first kappa shape index (κ1) is 20.0. The summed E-state index contributed by atoms with van der Waals surface area (Å²) >= 11 is 1.81. The molecule has 0 spiro atoms. The zero-order chi connectivity index (χ0) is 20.4. The molecule has 1 aliphatic heterocycles. The van der Waals surface area contributed by atoms with Crippen molar-refractivity contribution >= 4 is 27.3 Å². The number of fused-ring (bicyclic) bond motifs is 1. The highest BCUT2D eigenvalue weighted by molar-refractivity contribution is 7.18. The van der Waals surface area contributed by atoms with Gasteiger partial charge in [-0.3, -0.25) is 4.79 Å². The summed E-state index contributed by atoms with van der Waals surface area (Å²) in [4.78, 5) is 20.7.